The van der Waals surface area contributed by atoms with Gasteiger partial charge < -0.3 is 10.4 Å². The van der Waals surface area contributed by atoms with Gasteiger partial charge in [-0.1, -0.05) is 23.4 Å². The summed E-state index contributed by atoms with van der Waals surface area (Å²) in [6, 6.07) is 3.96. The number of carbonyl (C=O) groups is 1. The van der Waals surface area contributed by atoms with E-state index in [0.29, 0.717) is 23.7 Å². The predicted octanol–water partition coefficient (Wildman–Crippen LogP) is 2.64. The molecule has 1 aromatic carbocycles. The van der Waals surface area contributed by atoms with Crippen LogP contribution < -0.4 is 11.0 Å². The lowest BCUT2D eigenvalue weighted by Gasteiger charge is -2.13. The highest BCUT2D eigenvalue weighted by Crippen LogP contribution is 2.29. The summed E-state index contributed by atoms with van der Waals surface area (Å²) in [5.74, 6) is -0.764. The van der Waals surface area contributed by atoms with Crippen LogP contribution in [-0.4, -0.2) is 32.9 Å². The Morgan fingerprint density at radius 2 is 2.22 bits per heavy atom. The number of amides is 1. The van der Waals surface area contributed by atoms with Crippen molar-refractivity contribution in [2.24, 2.45) is 0 Å². The molecule has 1 heterocycles. The molecule has 27 heavy (non-hydrogen) atoms. The van der Waals surface area contributed by atoms with Crippen LogP contribution in [0.4, 0.5) is 10.1 Å². The van der Waals surface area contributed by atoms with Crippen molar-refractivity contribution in [3.63, 3.8) is 0 Å². The minimum absolute atomic E-state index is 0.0191. The number of aromatic nitrogens is 2. The first-order chi connectivity index (χ1) is 13.0. The van der Waals surface area contributed by atoms with Crippen molar-refractivity contribution in [2.75, 3.05) is 17.7 Å². The van der Waals surface area contributed by atoms with Crippen molar-refractivity contribution in [3.05, 3.63) is 50.8 Å². The normalized spacial score (nSPS) is 12.9. The van der Waals surface area contributed by atoms with Crippen LogP contribution >= 0.6 is 23.4 Å². The Bertz CT molecular complexity index is 919. The van der Waals surface area contributed by atoms with Crippen LogP contribution in [0.15, 0.2) is 28.0 Å². The van der Waals surface area contributed by atoms with E-state index in [0.717, 1.165) is 30.5 Å². The zero-order chi connectivity index (χ0) is 19.4. The van der Waals surface area contributed by atoms with Gasteiger partial charge >= 0.3 is 5.69 Å². The van der Waals surface area contributed by atoms with Crippen LogP contribution in [0.2, 0.25) is 5.02 Å². The average molecular weight is 412 g/mol. The minimum Gasteiger partial charge on any atom is -0.396 e. The minimum atomic E-state index is -0.550. The Hall–Kier alpha value is -1.90. The molecular weight excluding hydrogens is 393 g/mol. The van der Waals surface area contributed by atoms with Crippen LogP contribution in [0.3, 0.4) is 0 Å². The maximum Gasteiger partial charge on any atom is 0.348 e. The van der Waals surface area contributed by atoms with Gasteiger partial charge in [-0.15, -0.1) is 0 Å². The molecule has 0 bridgehead atoms. The van der Waals surface area contributed by atoms with Gasteiger partial charge in [-0.05, 0) is 43.9 Å². The molecule has 0 saturated heterocycles. The van der Waals surface area contributed by atoms with Gasteiger partial charge in [0, 0.05) is 30.1 Å². The number of nitrogens with one attached hydrogen (secondary N) is 1. The topological polar surface area (TPSA) is 84.2 Å². The van der Waals surface area contributed by atoms with Gasteiger partial charge in [0.25, 0.3) is 0 Å². The quantitative estimate of drug-likeness (QED) is 0.540. The third-order valence-electron chi connectivity index (χ3n) is 4.28. The van der Waals surface area contributed by atoms with Crippen LogP contribution in [0.25, 0.3) is 0 Å². The highest BCUT2D eigenvalue weighted by atomic mass is 35.5. The van der Waals surface area contributed by atoms with Gasteiger partial charge in [0.1, 0.15) is 10.8 Å². The first kappa shape index (κ1) is 19.9. The number of hydrogen-bond donors (Lipinski definition) is 2. The number of thioether (sulfide) groups is 1. The second-order valence-electron chi connectivity index (χ2n) is 6.17. The molecule has 0 spiro atoms. The van der Waals surface area contributed by atoms with E-state index in [2.05, 4.69) is 10.3 Å². The van der Waals surface area contributed by atoms with Crippen molar-refractivity contribution in [1.29, 1.82) is 0 Å². The Kier molecular flexibility index (Phi) is 6.51. The molecule has 1 aromatic heterocycles. The fourth-order valence-corrected chi connectivity index (χ4v) is 4.13. The van der Waals surface area contributed by atoms with Gasteiger partial charge in [-0.2, -0.15) is 4.98 Å². The first-order valence-electron chi connectivity index (χ1n) is 8.60. The Morgan fingerprint density at radius 3 is 2.96 bits per heavy atom. The summed E-state index contributed by atoms with van der Waals surface area (Å²) in [6.07, 6.45) is 3.06. The monoisotopic (exact) mass is 411 g/mol. The Labute approximate surface area is 164 Å². The Morgan fingerprint density at radius 1 is 1.41 bits per heavy atom. The fourth-order valence-electron chi connectivity index (χ4n) is 3.07. The highest BCUT2D eigenvalue weighted by molar-refractivity contribution is 8.00. The number of aliphatic hydroxyl groups is 1. The van der Waals surface area contributed by atoms with E-state index in [-0.39, 0.29) is 29.0 Å². The number of anilines is 1. The summed E-state index contributed by atoms with van der Waals surface area (Å²) in [6.45, 7) is 0.465. The van der Waals surface area contributed by atoms with Crippen molar-refractivity contribution in [2.45, 2.75) is 37.3 Å². The van der Waals surface area contributed by atoms with Gasteiger partial charge in [-0.25, -0.2) is 9.18 Å². The number of fused-ring (bicyclic) bond motifs is 1. The molecule has 0 aliphatic heterocycles. The molecule has 6 nitrogen and oxygen atoms in total. The molecule has 1 aliphatic carbocycles. The van der Waals surface area contributed by atoms with Crippen molar-refractivity contribution in [3.8, 4) is 0 Å². The summed E-state index contributed by atoms with van der Waals surface area (Å²) >= 11 is 6.92. The lowest BCUT2D eigenvalue weighted by molar-refractivity contribution is -0.113. The van der Waals surface area contributed by atoms with E-state index in [4.69, 9.17) is 16.7 Å². The molecule has 2 aromatic rings. The molecule has 0 unspecified atom stereocenters. The van der Waals surface area contributed by atoms with E-state index in [1.165, 1.54) is 30.0 Å². The molecule has 0 saturated carbocycles. The number of rotatable bonds is 7. The van der Waals surface area contributed by atoms with E-state index >= 15 is 0 Å². The molecule has 3 rings (SSSR count). The van der Waals surface area contributed by atoms with Crippen LogP contribution in [-0.2, 0) is 24.2 Å². The van der Waals surface area contributed by atoms with E-state index < -0.39 is 5.82 Å². The number of carbonyl (C=O) groups excluding carboxylic acids is 1. The number of nitrogens with zero attached hydrogens (tertiary/aromatic N) is 2. The molecule has 0 fully saturated rings. The van der Waals surface area contributed by atoms with Gasteiger partial charge in [0.2, 0.25) is 5.91 Å². The highest BCUT2D eigenvalue weighted by Gasteiger charge is 2.22. The molecule has 9 heteroatoms. The lowest BCUT2D eigenvalue weighted by atomic mass is 10.2. The SMILES string of the molecule is O=C(CSc1nc(=O)n(CCCO)c2c1CCC2)Nc1ccc(F)c(Cl)c1. The number of benzene rings is 1. The van der Waals surface area contributed by atoms with Gasteiger partial charge in [0.15, 0.2) is 0 Å². The zero-order valence-electron chi connectivity index (χ0n) is 14.5. The molecule has 2 N–H and O–H groups in total. The maximum atomic E-state index is 13.2. The molecule has 1 aliphatic rings. The molecular formula is C18H19ClFN3O3S. The van der Waals surface area contributed by atoms with E-state index in [1.54, 1.807) is 4.57 Å². The summed E-state index contributed by atoms with van der Waals surface area (Å²) < 4.78 is 14.8. The van der Waals surface area contributed by atoms with Crippen LogP contribution in [0.1, 0.15) is 24.1 Å². The fraction of sp³-hybridized carbons (Fsp3) is 0.389. The van der Waals surface area contributed by atoms with Crippen molar-refractivity contribution >= 4 is 35.0 Å². The summed E-state index contributed by atoms with van der Waals surface area (Å²) in [4.78, 5) is 28.6. The van der Waals surface area contributed by atoms with Crippen LogP contribution in [0.5, 0.6) is 0 Å². The van der Waals surface area contributed by atoms with Crippen molar-refractivity contribution in [1.82, 2.24) is 9.55 Å². The molecule has 1 amide bonds. The third kappa shape index (κ3) is 4.69. The van der Waals surface area contributed by atoms with Gasteiger partial charge in [0.05, 0.1) is 10.8 Å². The predicted molar refractivity (Wildman–Crippen MR) is 103 cm³/mol. The Balaban J connectivity index is 1.70. The first-order valence-corrected chi connectivity index (χ1v) is 9.97. The molecule has 0 atom stereocenters. The lowest BCUT2D eigenvalue weighted by Crippen LogP contribution is -2.28. The van der Waals surface area contributed by atoms with Crippen LogP contribution in [0, 0.1) is 5.82 Å². The largest absolute Gasteiger partial charge is 0.396 e. The maximum absolute atomic E-state index is 13.2. The number of halogens is 2. The third-order valence-corrected chi connectivity index (χ3v) is 5.59. The van der Waals surface area contributed by atoms with E-state index in [9.17, 15) is 14.0 Å². The average Bonchev–Trinajstić information content (AvgIpc) is 3.12. The van der Waals surface area contributed by atoms with Crippen molar-refractivity contribution < 1.29 is 14.3 Å². The molecule has 0 radical (unpaired) electrons. The second-order valence-corrected chi connectivity index (χ2v) is 7.54. The smallest absolute Gasteiger partial charge is 0.348 e. The van der Waals surface area contributed by atoms with Gasteiger partial charge in [-0.3, -0.25) is 9.36 Å². The standard InChI is InChI=1S/C18H19ClFN3O3S/c19-13-9-11(5-6-14(13)20)21-16(25)10-27-17-12-3-1-4-15(12)23(7-2-8-24)18(26)22-17/h5-6,9,24H,1-4,7-8,10H2,(H,21,25). The second kappa shape index (κ2) is 8.86. The van der Waals surface area contributed by atoms with E-state index in [1.807, 2.05) is 0 Å². The zero-order valence-corrected chi connectivity index (χ0v) is 16.1. The summed E-state index contributed by atoms with van der Waals surface area (Å²) in [5.41, 5.74) is 2.02. The summed E-state index contributed by atoms with van der Waals surface area (Å²) in [5, 5.41) is 12.2. The molecule has 144 valence electrons. The number of hydrogen-bond acceptors (Lipinski definition) is 5. The summed E-state index contributed by atoms with van der Waals surface area (Å²) in [7, 11) is 0. The number of aliphatic hydroxyl groups excluding tert-OH is 1.